The zero-order valence-electron chi connectivity index (χ0n) is 16.2. The van der Waals surface area contributed by atoms with Gasteiger partial charge in [-0.1, -0.05) is 12.1 Å². The largest absolute Gasteiger partial charge is 0.465 e. The first-order chi connectivity index (χ1) is 14.3. The molecule has 0 amide bonds. The highest BCUT2D eigenvalue weighted by Gasteiger charge is 2.21. The van der Waals surface area contributed by atoms with E-state index in [1.807, 2.05) is 0 Å². The summed E-state index contributed by atoms with van der Waals surface area (Å²) in [6, 6.07) is 15.6. The maximum absolute atomic E-state index is 13.5. The van der Waals surface area contributed by atoms with Gasteiger partial charge in [-0.2, -0.15) is 0 Å². The van der Waals surface area contributed by atoms with E-state index in [0.29, 0.717) is 28.2 Å². The molecule has 2 aromatic carbocycles. The molecular formula is C22H17FN2O4S. The van der Waals surface area contributed by atoms with Crippen LogP contribution in [-0.4, -0.2) is 37.1 Å². The van der Waals surface area contributed by atoms with Crippen LogP contribution in [0.25, 0.3) is 28.2 Å². The van der Waals surface area contributed by atoms with Gasteiger partial charge in [-0.3, -0.25) is 4.40 Å². The number of carbonyl (C=O) groups excluding carboxylic acids is 1. The zero-order valence-corrected chi connectivity index (χ0v) is 17.0. The monoisotopic (exact) mass is 424 g/mol. The van der Waals surface area contributed by atoms with Crippen molar-refractivity contribution in [1.29, 1.82) is 0 Å². The molecular weight excluding hydrogens is 407 g/mol. The molecule has 0 aliphatic rings. The van der Waals surface area contributed by atoms with Crippen LogP contribution in [-0.2, 0) is 14.6 Å². The SMILES string of the molecule is COC(=O)c1cccn2c(-c3ccc(F)cc3)c(-c3ccc(S(C)(=O)=O)cc3)nc12. The topological polar surface area (TPSA) is 77.7 Å². The Morgan fingerprint density at radius 2 is 1.63 bits per heavy atom. The Labute approximate surface area is 172 Å². The van der Waals surface area contributed by atoms with Crippen molar-refractivity contribution in [2.45, 2.75) is 4.90 Å². The second kappa shape index (κ2) is 7.38. The number of halogens is 1. The summed E-state index contributed by atoms with van der Waals surface area (Å²) in [5.41, 5.74) is 3.17. The van der Waals surface area contributed by atoms with Crippen molar-refractivity contribution in [2.75, 3.05) is 13.4 Å². The Hall–Kier alpha value is -3.52. The summed E-state index contributed by atoms with van der Waals surface area (Å²) >= 11 is 0. The number of ether oxygens (including phenoxy) is 1. The summed E-state index contributed by atoms with van der Waals surface area (Å²) in [6.45, 7) is 0. The third-order valence-electron chi connectivity index (χ3n) is 4.73. The van der Waals surface area contributed by atoms with Gasteiger partial charge in [-0.05, 0) is 48.5 Å². The quantitative estimate of drug-likeness (QED) is 0.463. The highest BCUT2D eigenvalue weighted by Crippen LogP contribution is 2.34. The van der Waals surface area contributed by atoms with E-state index in [-0.39, 0.29) is 16.3 Å². The molecule has 0 saturated heterocycles. The maximum atomic E-state index is 13.5. The standard InChI is InChI=1S/C22H17FN2O4S/c1-29-22(26)18-4-3-13-25-20(15-5-9-16(23)10-6-15)19(24-21(18)25)14-7-11-17(12-8-14)30(2,27)28/h3-13H,1-2H3. The van der Waals surface area contributed by atoms with Gasteiger partial charge in [0.15, 0.2) is 15.5 Å². The van der Waals surface area contributed by atoms with E-state index in [4.69, 9.17) is 4.74 Å². The lowest BCUT2D eigenvalue weighted by Crippen LogP contribution is -2.04. The summed E-state index contributed by atoms with van der Waals surface area (Å²) in [5.74, 6) is -0.905. The molecule has 0 fully saturated rings. The summed E-state index contributed by atoms with van der Waals surface area (Å²) in [5, 5.41) is 0. The van der Waals surface area contributed by atoms with Crippen molar-refractivity contribution in [3.05, 3.63) is 78.2 Å². The number of pyridine rings is 1. The Balaban J connectivity index is 2.01. The highest BCUT2D eigenvalue weighted by molar-refractivity contribution is 7.90. The van der Waals surface area contributed by atoms with Crippen LogP contribution < -0.4 is 0 Å². The number of rotatable bonds is 4. The molecule has 30 heavy (non-hydrogen) atoms. The highest BCUT2D eigenvalue weighted by atomic mass is 32.2. The molecule has 0 aliphatic carbocycles. The minimum atomic E-state index is -3.34. The number of carbonyl (C=O) groups is 1. The molecule has 4 aromatic rings. The number of imidazole rings is 1. The van der Waals surface area contributed by atoms with E-state index < -0.39 is 15.8 Å². The number of nitrogens with zero attached hydrogens (tertiary/aromatic N) is 2. The van der Waals surface area contributed by atoms with Crippen LogP contribution in [0.1, 0.15) is 10.4 Å². The summed E-state index contributed by atoms with van der Waals surface area (Å²) in [7, 11) is -2.05. The second-order valence-electron chi connectivity index (χ2n) is 6.72. The fraction of sp³-hybridized carbons (Fsp3) is 0.0909. The molecule has 2 aromatic heterocycles. The Bertz CT molecular complexity index is 1360. The molecule has 0 unspecified atom stereocenters. The Morgan fingerprint density at radius 3 is 2.23 bits per heavy atom. The maximum Gasteiger partial charge on any atom is 0.341 e. The number of hydrogen-bond donors (Lipinski definition) is 0. The lowest BCUT2D eigenvalue weighted by molar-refractivity contribution is 0.0602. The number of sulfone groups is 1. The number of aromatic nitrogens is 2. The first-order valence-electron chi connectivity index (χ1n) is 8.95. The first-order valence-corrected chi connectivity index (χ1v) is 10.8. The number of benzene rings is 2. The molecule has 152 valence electrons. The van der Waals surface area contributed by atoms with Crippen LogP contribution in [0.3, 0.4) is 0 Å². The number of hydrogen-bond acceptors (Lipinski definition) is 5. The van der Waals surface area contributed by atoms with Crippen molar-refractivity contribution >= 4 is 21.5 Å². The van der Waals surface area contributed by atoms with Gasteiger partial charge in [0, 0.05) is 23.6 Å². The average molecular weight is 424 g/mol. The summed E-state index contributed by atoms with van der Waals surface area (Å²) in [6.07, 6.45) is 2.89. The van der Waals surface area contributed by atoms with Crippen LogP contribution in [0.4, 0.5) is 4.39 Å². The number of esters is 1. The molecule has 6 nitrogen and oxygen atoms in total. The number of fused-ring (bicyclic) bond motifs is 1. The van der Waals surface area contributed by atoms with Crippen LogP contribution in [0.5, 0.6) is 0 Å². The average Bonchev–Trinajstić information content (AvgIpc) is 3.13. The predicted molar refractivity (Wildman–Crippen MR) is 110 cm³/mol. The fourth-order valence-electron chi connectivity index (χ4n) is 3.28. The number of methoxy groups -OCH3 is 1. The first kappa shape index (κ1) is 19.8. The van der Waals surface area contributed by atoms with Crippen LogP contribution in [0.15, 0.2) is 71.8 Å². The minimum Gasteiger partial charge on any atom is -0.465 e. The molecule has 0 radical (unpaired) electrons. The zero-order chi connectivity index (χ0) is 21.5. The van der Waals surface area contributed by atoms with Crippen LogP contribution >= 0.6 is 0 Å². The van der Waals surface area contributed by atoms with Gasteiger partial charge in [0.2, 0.25) is 0 Å². The van der Waals surface area contributed by atoms with E-state index in [1.54, 1.807) is 47.0 Å². The molecule has 0 saturated carbocycles. The Morgan fingerprint density at radius 1 is 1.00 bits per heavy atom. The third-order valence-corrected chi connectivity index (χ3v) is 5.86. The fourth-order valence-corrected chi connectivity index (χ4v) is 3.91. The van der Waals surface area contributed by atoms with Gasteiger partial charge in [-0.25, -0.2) is 22.6 Å². The third kappa shape index (κ3) is 3.46. The molecule has 4 rings (SSSR count). The van der Waals surface area contributed by atoms with Gasteiger partial charge >= 0.3 is 5.97 Å². The van der Waals surface area contributed by atoms with E-state index in [9.17, 15) is 17.6 Å². The second-order valence-corrected chi connectivity index (χ2v) is 8.74. The van der Waals surface area contributed by atoms with Crippen molar-refractivity contribution in [2.24, 2.45) is 0 Å². The molecule has 0 bridgehead atoms. The molecule has 0 N–H and O–H groups in total. The van der Waals surface area contributed by atoms with E-state index in [2.05, 4.69) is 4.98 Å². The lowest BCUT2D eigenvalue weighted by Gasteiger charge is -2.07. The molecule has 2 heterocycles. The normalized spacial score (nSPS) is 11.6. The molecule has 0 spiro atoms. The van der Waals surface area contributed by atoms with E-state index in [0.717, 1.165) is 6.26 Å². The Kier molecular flexibility index (Phi) is 4.87. The lowest BCUT2D eigenvalue weighted by atomic mass is 10.0. The van der Waals surface area contributed by atoms with Crippen LogP contribution in [0, 0.1) is 5.82 Å². The molecule has 0 atom stereocenters. The van der Waals surface area contributed by atoms with Crippen molar-refractivity contribution in [3.8, 4) is 22.5 Å². The van der Waals surface area contributed by atoms with Crippen LogP contribution in [0.2, 0.25) is 0 Å². The smallest absolute Gasteiger partial charge is 0.341 e. The minimum absolute atomic E-state index is 0.189. The summed E-state index contributed by atoms with van der Waals surface area (Å²) in [4.78, 5) is 17.1. The summed E-state index contributed by atoms with van der Waals surface area (Å²) < 4.78 is 43.7. The van der Waals surface area contributed by atoms with Gasteiger partial charge in [0.05, 0.1) is 23.4 Å². The van der Waals surface area contributed by atoms with Gasteiger partial charge < -0.3 is 4.74 Å². The van der Waals surface area contributed by atoms with E-state index in [1.165, 1.54) is 31.4 Å². The molecule has 8 heteroatoms. The van der Waals surface area contributed by atoms with Crippen molar-refractivity contribution < 1.29 is 22.3 Å². The van der Waals surface area contributed by atoms with Gasteiger partial charge in [-0.15, -0.1) is 0 Å². The van der Waals surface area contributed by atoms with Crippen molar-refractivity contribution in [3.63, 3.8) is 0 Å². The molecule has 0 aliphatic heterocycles. The van der Waals surface area contributed by atoms with Gasteiger partial charge in [0.25, 0.3) is 0 Å². The van der Waals surface area contributed by atoms with Gasteiger partial charge in [0.1, 0.15) is 11.4 Å². The van der Waals surface area contributed by atoms with Crippen molar-refractivity contribution in [1.82, 2.24) is 9.38 Å². The predicted octanol–water partition coefficient (Wildman–Crippen LogP) is 4.00. The van der Waals surface area contributed by atoms with E-state index >= 15 is 0 Å².